The molecular formula is C20H24B2ClF2N3O. The number of hydrogen-bond donors (Lipinski definition) is 1. The molecule has 0 radical (unpaired) electrons. The highest BCUT2D eigenvalue weighted by atomic mass is 35.5. The first kappa shape index (κ1) is 21.8. The van der Waals surface area contributed by atoms with Crippen LogP contribution in [0.25, 0.3) is 0 Å². The maximum Gasteiger partial charge on any atom is 0.253 e. The molecule has 0 spiro atoms. The van der Waals surface area contributed by atoms with Gasteiger partial charge in [0.1, 0.15) is 27.2 Å². The quantitative estimate of drug-likeness (QED) is 0.755. The van der Waals surface area contributed by atoms with E-state index in [-0.39, 0.29) is 30.3 Å². The molecule has 2 heterocycles. The predicted octanol–water partition coefficient (Wildman–Crippen LogP) is 1.79. The zero-order chi connectivity index (χ0) is 21.2. The number of nitrogens with one attached hydrogen (secondary N) is 1. The highest BCUT2D eigenvalue weighted by molar-refractivity contribution is 6.39. The number of piperidine rings is 1. The molecule has 0 atom stereocenters. The van der Waals surface area contributed by atoms with Crippen LogP contribution in [0.3, 0.4) is 0 Å². The standard InChI is InChI=1S/C20H24B2ClF2N3O/c1-13-2-5-17(26-11-13)20(21,22)27-12-19(25)6-8-28(9-7-19)18(29)14-3-4-16(24)15(23)10-14/h2-5,10-11,27H,6-9,12,21-22H2,1H3. The molecule has 0 unspecified atom stereocenters. The Balaban J connectivity index is 1.58. The van der Waals surface area contributed by atoms with Crippen molar-refractivity contribution in [2.45, 2.75) is 30.8 Å². The molecular weight excluding hydrogens is 393 g/mol. The maximum atomic E-state index is 15.3. The van der Waals surface area contributed by atoms with E-state index >= 15 is 4.39 Å². The van der Waals surface area contributed by atoms with Gasteiger partial charge in [-0.15, -0.1) is 0 Å². The molecule has 152 valence electrons. The summed E-state index contributed by atoms with van der Waals surface area (Å²) in [4.78, 5) is 18.6. The van der Waals surface area contributed by atoms with E-state index in [0.29, 0.717) is 18.7 Å². The number of likely N-dealkylation sites (tertiary alicyclic amines) is 1. The van der Waals surface area contributed by atoms with Gasteiger partial charge in [0.25, 0.3) is 5.91 Å². The van der Waals surface area contributed by atoms with Crippen LogP contribution in [0.15, 0.2) is 36.5 Å². The fourth-order valence-corrected chi connectivity index (χ4v) is 3.59. The average molecular weight is 418 g/mol. The monoisotopic (exact) mass is 417 g/mol. The van der Waals surface area contributed by atoms with E-state index in [0.717, 1.165) is 11.3 Å². The number of aryl methyl sites for hydroxylation is 1. The summed E-state index contributed by atoms with van der Waals surface area (Å²) in [5.41, 5.74) is 0.838. The minimum Gasteiger partial charge on any atom is -0.338 e. The third-order valence-corrected chi connectivity index (χ3v) is 5.80. The summed E-state index contributed by atoms with van der Waals surface area (Å²) in [6.45, 7) is 2.76. The number of aromatic nitrogens is 1. The van der Waals surface area contributed by atoms with Gasteiger partial charge in [0, 0.05) is 49.9 Å². The van der Waals surface area contributed by atoms with Crippen molar-refractivity contribution >= 4 is 33.2 Å². The zero-order valence-corrected chi connectivity index (χ0v) is 17.7. The number of rotatable bonds is 5. The lowest BCUT2D eigenvalue weighted by Gasteiger charge is -2.39. The first-order chi connectivity index (χ1) is 13.6. The van der Waals surface area contributed by atoms with Gasteiger partial charge in [-0.3, -0.25) is 9.78 Å². The lowest BCUT2D eigenvalue weighted by molar-refractivity contribution is 0.0427. The number of benzene rings is 1. The first-order valence-corrected chi connectivity index (χ1v) is 10.1. The number of nitrogens with zero attached hydrogens (tertiary/aromatic N) is 2. The van der Waals surface area contributed by atoms with Crippen molar-refractivity contribution in [3.05, 3.63) is 64.2 Å². The van der Waals surface area contributed by atoms with Crippen molar-refractivity contribution in [3.8, 4) is 0 Å². The summed E-state index contributed by atoms with van der Waals surface area (Å²) in [6, 6.07) is 7.82. The molecule has 3 rings (SSSR count). The lowest BCUT2D eigenvalue weighted by atomic mass is 9.59. The van der Waals surface area contributed by atoms with Crippen LogP contribution in [0, 0.1) is 12.7 Å². The summed E-state index contributed by atoms with van der Waals surface area (Å²) in [5.74, 6) is -0.826. The number of pyridine rings is 1. The maximum absolute atomic E-state index is 15.3. The van der Waals surface area contributed by atoms with E-state index in [9.17, 15) is 9.18 Å². The Bertz CT molecular complexity index is 888. The van der Waals surface area contributed by atoms with Crippen LogP contribution in [-0.4, -0.2) is 56.8 Å². The smallest absolute Gasteiger partial charge is 0.253 e. The van der Waals surface area contributed by atoms with Crippen molar-refractivity contribution in [3.63, 3.8) is 0 Å². The van der Waals surface area contributed by atoms with Gasteiger partial charge in [0.2, 0.25) is 0 Å². The molecule has 1 aromatic heterocycles. The number of hydrogen-bond acceptors (Lipinski definition) is 3. The van der Waals surface area contributed by atoms with Gasteiger partial charge in [0.15, 0.2) is 0 Å². The van der Waals surface area contributed by atoms with E-state index < -0.39 is 16.8 Å². The van der Waals surface area contributed by atoms with Gasteiger partial charge < -0.3 is 10.2 Å². The summed E-state index contributed by atoms with van der Waals surface area (Å²) < 4.78 is 28.7. The molecule has 29 heavy (non-hydrogen) atoms. The number of carbonyl (C=O) groups excluding carboxylic acids is 1. The van der Waals surface area contributed by atoms with Gasteiger partial charge in [-0.2, -0.15) is 0 Å². The Morgan fingerprint density at radius 1 is 1.31 bits per heavy atom. The van der Waals surface area contributed by atoms with Crippen LogP contribution in [0.1, 0.15) is 34.5 Å². The van der Waals surface area contributed by atoms with E-state index in [4.69, 9.17) is 11.6 Å². The molecule has 1 aliphatic rings. The molecule has 4 nitrogen and oxygen atoms in total. The molecule has 9 heteroatoms. The number of halogens is 3. The Morgan fingerprint density at radius 2 is 2.00 bits per heavy atom. The second-order valence-electron chi connectivity index (χ2n) is 8.27. The molecule has 2 aromatic rings. The van der Waals surface area contributed by atoms with Crippen LogP contribution < -0.4 is 5.32 Å². The van der Waals surface area contributed by atoms with Crippen molar-refractivity contribution in [1.82, 2.24) is 15.2 Å². The van der Waals surface area contributed by atoms with E-state index in [2.05, 4.69) is 10.3 Å². The fraction of sp³-hybridized carbons (Fsp3) is 0.400. The number of carbonyl (C=O) groups is 1. The molecule has 1 aliphatic heterocycles. The second kappa shape index (κ2) is 8.44. The Labute approximate surface area is 176 Å². The van der Waals surface area contributed by atoms with E-state index in [1.54, 1.807) is 11.1 Å². The minimum absolute atomic E-state index is 0.0937. The highest BCUT2D eigenvalue weighted by Crippen LogP contribution is 2.28. The second-order valence-corrected chi connectivity index (χ2v) is 8.68. The van der Waals surface area contributed by atoms with Gasteiger partial charge in [-0.25, -0.2) is 8.78 Å². The molecule has 0 saturated carbocycles. The summed E-state index contributed by atoms with van der Waals surface area (Å²) in [5, 5.41) is 2.73. The van der Waals surface area contributed by atoms with Crippen LogP contribution in [0.5, 0.6) is 0 Å². The van der Waals surface area contributed by atoms with Gasteiger partial charge in [-0.05, 0) is 42.1 Å². The third kappa shape index (κ3) is 5.17. The third-order valence-electron chi connectivity index (χ3n) is 5.51. The van der Waals surface area contributed by atoms with E-state index in [1.165, 1.54) is 18.2 Å². The molecule has 1 aromatic carbocycles. The van der Waals surface area contributed by atoms with Gasteiger partial charge >= 0.3 is 0 Å². The van der Waals surface area contributed by atoms with E-state index in [1.807, 2.05) is 34.7 Å². The largest absolute Gasteiger partial charge is 0.338 e. The summed E-state index contributed by atoms with van der Waals surface area (Å²) in [7, 11) is 3.95. The first-order valence-electron chi connectivity index (χ1n) is 9.71. The predicted molar refractivity (Wildman–Crippen MR) is 116 cm³/mol. The molecule has 0 aliphatic carbocycles. The molecule has 0 bridgehead atoms. The fourth-order valence-electron chi connectivity index (χ4n) is 3.41. The summed E-state index contributed by atoms with van der Waals surface area (Å²) >= 11 is 5.77. The van der Waals surface area contributed by atoms with Crippen LogP contribution in [-0.2, 0) is 5.34 Å². The Morgan fingerprint density at radius 3 is 2.59 bits per heavy atom. The minimum atomic E-state index is -1.40. The zero-order valence-electron chi connectivity index (χ0n) is 16.9. The van der Waals surface area contributed by atoms with Crippen LogP contribution in [0.2, 0.25) is 5.02 Å². The Kier molecular flexibility index (Phi) is 6.34. The van der Waals surface area contributed by atoms with Crippen molar-refractivity contribution in [2.75, 3.05) is 19.6 Å². The summed E-state index contributed by atoms with van der Waals surface area (Å²) in [6.07, 6.45) is 2.27. The Hall–Kier alpha value is -1.92. The van der Waals surface area contributed by atoms with Gasteiger partial charge in [0.05, 0.1) is 5.02 Å². The molecule has 1 amide bonds. The normalized spacial score (nSPS) is 16.6. The SMILES string of the molecule is BC(B)(NCC1(F)CCN(C(=O)c2ccc(F)c(Cl)c2)CC1)c1ccc(C)cn1. The average Bonchev–Trinajstić information content (AvgIpc) is 2.69. The topological polar surface area (TPSA) is 45.2 Å². The van der Waals surface area contributed by atoms with Crippen molar-refractivity contribution in [1.29, 1.82) is 0 Å². The lowest BCUT2D eigenvalue weighted by Crippen LogP contribution is -2.54. The van der Waals surface area contributed by atoms with Crippen molar-refractivity contribution < 1.29 is 13.6 Å². The van der Waals surface area contributed by atoms with Crippen LogP contribution in [0.4, 0.5) is 8.78 Å². The molecule has 1 saturated heterocycles. The van der Waals surface area contributed by atoms with Crippen molar-refractivity contribution in [2.24, 2.45) is 0 Å². The number of alkyl halides is 1. The van der Waals surface area contributed by atoms with Crippen LogP contribution >= 0.6 is 11.6 Å². The number of amides is 1. The molecule has 1 fully saturated rings. The highest BCUT2D eigenvalue weighted by Gasteiger charge is 2.37. The molecule has 1 N–H and O–H groups in total. The van der Waals surface area contributed by atoms with Gasteiger partial charge in [-0.1, -0.05) is 17.7 Å².